The van der Waals surface area contributed by atoms with E-state index in [4.69, 9.17) is 0 Å². The van der Waals surface area contributed by atoms with Crippen LogP contribution in [0, 0.1) is 0 Å². The van der Waals surface area contributed by atoms with Gasteiger partial charge in [-0.05, 0) is 43.2 Å². The van der Waals surface area contributed by atoms with Crippen LogP contribution >= 0.6 is 0 Å². The van der Waals surface area contributed by atoms with Crippen molar-refractivity contribution in [3.8, 4) is 5.69 Å². The fourth-order valence-electron chi connectivity index (χ4n) is 3.40. The summed E-state index contributed by atoms with van der Waals surface area (Å²) in [6.45, 7) is 0. The summed E-state index contributed by atoms with van der Waals surface area (Å²) in [6, 6.07) is 8.87. The van der Waals surface area contributed by atoms with E-state index in [1.165, 1.54) is 4.90 Å². The van der Waals surface area contributed by atoms with Crippen LogP contribution in [-0.4, -0.2) is 44.3 Å². The molecule has 0 spiro atoms. The van der Waals surface area contributed by atoms with Gasteiger partial charge in [-0.25, -0.2) is 9.48 Å². The van der Waals surface area contributed by atoms with Gasteiger partial charge in [0.25, 0.3) is 5.91 Å². The third-order valence-electron chi connectivity index (χ3n) is 4.91. The molecule has 24 heavy (non-hydrogen) atoms. The van der Waals surface area contributed by atoms with Crippen LogP contribution in [0.2, 0.25) is 0 Å². The molecular weight excluding hydrogens is 306 g/mol. The van der Waals surface area contributed by atoms with E-state index in [1.807, 2.05) is 24.4 Å². The maximum Gasteiger partial charge on any atom is 0.329 e. The second-order valence-electron chi connectivity index (χ2n) is 6.26. The van der Waals surface area contributed by atoms with E-state index in [9.17, 15) is 14.7 Å². The summed E-state index contributed by atoms with van der Waals surface area (Å²) in [5, 5.41) is 13.9. The number of carboxylic acids is 1. The topological polar surface area (TPSA) is 75.4 Å². The normalized spacial score (nSPS) is 16.5. The van der Waals surface area contributed by atoms with Crippen molar-refractivity contribution in [3.05, 3.63) is 48.3 Å². The Morgan fingerprint density at radius 2 is 1.83 bits per heavy atom. The molecule has 1 aliphatic rings. The number of carbonyl (C=O) groups is 2. The van der Waals surface area contributed by atoms with E-state index in [0.29, 0.717) is 18.4 Å². The van der Waals surface area contributed by atoms with E-state index in [2.05, 4.69) is 5.10 Å². The smallest absolute Gasteiger partial charge is 0.329 e. The van der Waals surface area contributed by atoms with Crippen LogP contribution in [0.25, 0.3) is 5.69 Å². The predicted molar refractivity (Wildman–Crippen MR) is 89.1 cm³/mol. The zero-order chi connectivity index (χ0) is 17.2. The number of nitrogens with zero attached hydrogens (tertiary/aromatic N) is 3. The van der Waals surface area contributed by atoms with Crippen LogP contribution in [-0.2, 0) is 4.79 Å². The van der Waals surface area contributed by atoms with Crippen LogP contribution in [0.15, 0.2) is 42.7 Å². The van der Waals surface area contributed by atoms with E-state index in [0.717, 1.165) is 24.9 Å². The SMILES string of the molecule is CN(C(=O)c1ccc(-n2cccn2)cc1)C1(C(=O)O)CCCCC1. The number of carbonyl (C=O) groups excluding carboxylic acids is 1. The lowest BCUT2D eigenvalue weighted by atomic mass is 9.80. The standard InChI is InChI=1S/C18H21N3O3/c1-20(18(17(23)24)10-3-2-4-11-18)16(22)14-6-8-15(9-7-14)21-13-5-12-19-21/h5-9,12-13H,2-4,10-11H2,1H3,(H,23,24). The Labute approximate surface area is 140 Å². The van der Waals surface area contributed by atoms with Crippen molar-refractivity contribution < 1.29 is 14.7 Å². The summed E-state index contributed by atoms with van der Waals surface area (Å²) >= 11 is 0. The molecule has 1 aromatic carbocycles. The fraction of sp³-hybridized carbons (Fsp3) is 0.389. The first-order valence-corrected chi connectivity index (χ1v) is 8.16. The zero-order valence-electron chi connectivity index (χ0n) is 13.7. The summed E-state index contributed by atoms with van der Waals surface area (Å²) in [7, 11) is 1.60. The number of likely N-dealkylation sites (N-methyl/N-ethyl adjacent to an activating group) is 1. The van der Waals surface area contributed by atoms with Gasteiger partial charge < -0.3 is 10.0 Å². The minimum absolute atomic E-state index is 0.258. The molecule has 1 aromatic heterocycles. The second kappa shape index (κ2) is 6.47. The number of hydrogen-bond acceptors (Lipinski definition) is 3. The average molecular weight is 327 g/mol. The van der Waals surface area contributed by atoms with Crippen LogP contribution < -0.4 is 0 Å². The van der Waals surface area contributed by atoms with Gasteiger partial charge in [-0.1, -0.05) is 19.3 Å². The molecule has 2 aromatic rings. The van der Waals surface area contributed by atoms with Crippen molar-refractivity contribution in [3.63, 3.8) is 0 Å². The van der Waals surface area contributed by atoms with Gasteiger partial charge in [-0.2, -0.15) is 5.10 Å². The van der Waals surface area contributed by atoms with Gasteiger partial charge >= 0.3 is 5.97 Å². The molecule has 6 nitrogen and oxygen atoms in total. The Morgan fingerprint density at radius 1 is 1.17 bits per heavy atom. The van der Waals surface area contributed by atoms with Crippen molar-refractivity contribution in [1.82, 2.24) is 14.7 Å². The van der Waals surface area contributed by atoms with Gasteiger partial charge in [0.2, 0.25) is 0 Å². The molecule has 1 fully saturated rings. The van der Waals surface area contributed by atoms with Crippen LogP contribution in [0.4, 0.5) is 0 Å². The maximum absolute atomic E-state index is 12.8. The number of aliphatic carboxylic acids is 1. The molecule has 3 rings (SSSR count). The summed E-state index contributed by atoms with van der Waals surface area (Å²) in [5.41, 5.74) is 0.250. The first-order valence-electron chi connectivity index (χ1n) is 8.16. The van der Waals surface area contributed by atoms with Gasteiger partial charge in [0, 0.05) is 25.0 Å². The first kappa shape index (κ1) is 16.2. The molecule has 126 valence electrons. The van der Waals surface area contributed by atoms with Crippen LogP contribution in [0.3, 0.4) is 0 Å². The Kier molecular flexibility index (Phi) is 4.38. The molecule has 1 amide bonds. The van der Waals surface area contributed by atoms with Crippen molar-refractivity contribution in [2.75, 3.05) is 7.05 Å². The predicted octanol–water partition coefficient (Wildman–Crippen LogP) is 2.73. The molecule has 1 aliphatic carbocycles. The minimum Gasteiger partial charge on any atom is -0.479 e. The lowest BCUT2D eigenvalue weighted by Gasteiger charge is -2.41. The molecule has 0 aliphatic heterocycles. The van der Waals surface area contributed by atoms with E-state index >= 15 is 0 Å². The number of rotatable bonds is 4. The molecule has 1 N–H and O–H groups in total. The zero-order valence-corrected chi connectivity index (χ0v) is 13.7. The van der Waals surface area contributed by atoms with Crippen LogP contribution in [0.1, 0.15) is 42.5 Å². The highest BCUT2D eigenvalue weighted by atomic mass is 16.4. The van der Waals surface area contributed by atoms with Gasteiger partial charge in [-0.15, -0.1) is 0 Å². The highest BCUT2D eigenvalue weighted by Crippen LogP contribution is 2.34. The van der Waals surface area contributed by atoms with Gasteiger partial charge in [0.1, 0.15) is 5.54 Å². The molecule has 0 atom stereocenters. The highest BCUT2D eigenvalue weighted by Gasteiger charge is 2.45. The quantitative estimate of drug-likeness (QED) is 0.937. The number of benzene rings is 1. The molecule has 0 bridgehead atoms. The molecule has 0 radical (unpaired) electrons. The highest BCUT2D eigenvalue weighted by molar-refractivity contribution is 5.97. The third kappa shape index (κ3) is 2.79. The Hall–Kier alpha value is -2.63. The van der Waals surface area contributed by atoms with E-state index < -0.39 is 11.5 Å². The van der Waals surface area contributed by atoms with Crippen LogP contribution in [0.5, 0.6) is 0 Å². The Balaban J connectivity index is 1.83. The van der Waals surface area contributed by atoms with E-state index in [-0.39, 0.29) is 5.91 Å². The Bertz CT molecular complexity index is 716. The summed E-state index contributed by atoms with van der Waals surface area (Å²) < 4.78 is 1.71. The number of hydrogen-bond donors (Lipinski definition) is 1. The fourth-order valence-corrected chi connectivity index (χ4v) is 3.40. The first-order chi connectivity index (χ1) is 11.5. The lowest BCUT2D eigenvalue weighted by Crippen LogP contribution is -2.56. The maximum atomic E-state index is 12.8. The average Bonchev–Trinajstić information content (AvgIpc) is 3.15. The summed E-state index contributed by atoms with van der Waals surface area (Å²) in [4.78, 5) is 26.1. The monoisotopic (exact) mass is 327 g/mol. The molecular formula is C18H21N3O3. The van der Waals surface area contributed by atoms with Gasteiger partial charge in [0.05, 0.1) is 5.69 Å². The molecule has 6 heteroatoms. The Morgan fingerprint density at radius 3 is 2.38 bits per heavy atom. The third-order valence-corrected chi connectivity index (χ3v) is 4.91. The second-order valence-corrected chi connectivity index (χ2v) is 6.26. The molecule has 1 saturated carbocycles. The van der Waals surface area contributed by atoms with Crippen molar-refractivity contribution in [1.29, 1.82) is 0 Å². The number of amides is 1. The number of aromatic nitrogens is 2. The van der Waals surface area contributed by atoms with Crippen molar-refractivity contribution in [2.24, 2.45) is 0 Å². The van der Waals surface area contributed by atoms with E-state index in [1.54, 1.807) is 30.1 Å². The lowest BCUT2D eigenvalue weighted by molar-refractivity contribution is -0.151. The van der Waals surface area contributed by atoms with Gasteiger partial charge in [0.15, 0.2) is 0 Å². The summed E-state index contributed by atoms with van der Waals surface area (Å²) in [6.07, 6.45) is 7.22. The minimum atomic E-state index is -1.09. The van der Waals surface area contributed by atoms with Gasteiger partial charge in [-0.3, -0.25) is 4.79 Å². The largest absolute Gasteiger partial charge is 0.479 e. The molecule has 0 saturated heterocycles. The molecule has 1 heterocycles. The number of carboxylic acid groups (broad SMARTS) is 1. The summed E-state index contributed by atoms with van der Waals surface area (Å²) in [5.74, 6) is -1.17. The van der Waals surface area contributed by atoms with Crippen molar-refractivity contribution in [2.45, 2.75) is 37.6 Å². The van der Waals surface area contributed by atoms with Crippen molar-refractivity contribution >= 4 is 11.9 Å². The molecule has 0 unspecified atom stereocenters.